The van der Waals surface area contributed by atoms with Crippen LogP contribution in [0.3, 0.4) is 0 Å². The quantitative estimate of drug-likeness (QED) is 0.414. The summed E-state index contributed by atoms with van der Waals surface area (Å²) in [6.45, 7) is 8.82. The van der Waals surface area contributed by atoms with Gasteiger partial charge in [0.25, 0.3) is 5.56 Å². The third-order valence-electron chi connectivity index (χ3n) is 6.44. The molecule has 0 atom stereocenters. The third-order valence-corrected chi connectivity index (χ3v) is 6.44. The minimum absolute atomic E-state index is 0.140. The summed E-state index contributed by atoms with van der Waals surface area (Å²) in [5.74, 6) is 2.09. The van der Waals surface area contributed by atoms with E-state index >= 15 is 0 Å². The first kappa shape index (κ1) is 23.0. The van der Waals surface area contributed by atoms with Crippen molar-refractivity contribution in [1.82, 2.24) is 35.1 Å². The molecule has 4 heterocycles. The summed E-state index contributed by atoms with van der Waals surface area (Å²) >= 11 is 0. The van der Waals surface area contributed by atoms with E-state index in [1.54, 1.807) is 6.20 Å². The highest BCUT2D eigenvalue weighted by Gasteiger charge is 2.25. The fraction of sp³-hybridized carbons (Fsp3) is 0.400. The maximum absolute atomic E-state index is 13.1. The first-order valence-electron chi connectivity index (χ1n) is 11.8. The van der Waals surface area contributed by atoms with Crippen molar-refractivity contribution >= 4 is 10.9 Å². The summed E-state index contributed by atoms with van der Waals surface area (Å²) in [5, 5.41) is 13.4. The molecule has 4 aromatic rings. The van der Waals surface area contributed by atoms with E-state index in [1.165, 1.54) is 0 Å². The number of H-pyrrole nitrogens is 1. The van der Waals surface area contributed by atoms with Crippen LogP contribution in [0.4, 0.5) is 0 Å². The molecule has 0 spiro atoms. The topological polar surface area (TPSA) is 111 Å². The minimum atomic E-state index is -0.222. The molecule has 10 heteroatoms. The summed E-state index contributed by atoms with van der Waals surface area (Å²) < 4.78 is 13.3. The number of aromatic nitrogens is 6. The zero-order valence-electron chi connectivity index (χ0n) is 20.2. The molecule has 1 aliphatic heterocycles. The van der Waals surface area contributed by atoms with Crippen LogP contribution in [0, 0.1) is 0 Å². The van der Waals surface area contributed by atoms with E-state index in [4.69, 9.17) is 9.47 Å². The lowest BCUT2D eigenvalue weighted by atomic mass is 10.0. The summed E-state index contributed by atoms with van der Waals surface area (Å²) in [4.78, 5) is 22.5. The highest BCUT2D eigenvalue weighted by molar-refractivity contribution is 5.83. The van der Waals surface area contributed by atoms with Gasteiger partial charge in [0.05, 0.1) is 17.6 Å². The Balaban J connectivity index is 1.48. The molecule has 182 valence electrons. The number of hydrogen-bond donors (Lipinski definition) is 1. The predicted octanol–water partition coefficient (Wildman–Crippen LogP) is 3.03. The van der Waals surface area contributed by atoms with Crippen LogP contribution >= 0.6 is 0 Å². The van der Waals surface area contributed by atoms with E-state index in [-0.39, 0.29) is 11.1 Å². The predicted molar refractivity (Wildman–Crippen MR) is 130 cm³/mol. The number of hydrogen-bond acceptors (Lipinski definition) is 8. The maximum Gasteiger partial charge on any atom is 0.252 e. The number of pyridine rings is 2. The smallest absolute Gasteiger partial charge is 0.252 e. The van der Waals surface area contributed by atoms with Gasteiger partial charge in [0, 0.05) is 42.5 Å². The van der Waals surface area contributed by atoms with Crippen molar-refractivity contribution in [2.75, 3.05) is 13.2 Å². The van der Waals surface area contributed by atoms with E-state index in [1.807, 2.05) is 41.2 Å². The first-order valence-corrected chi connectivity index (χ1v) is 11.8. The van der Waals surface area contributed by atoms with Crippen LogP contribution in [0.15, 0.2) is 47.5 Å². The Morgan fingerprint density at radius 2 is 1.91 bits per heavy atom. The van der Waals surface area contributed by atoms with Crippen molar-refractivity contribution < 1.29 is 9.47 Å². The van der Waals surface area contributed by atoms with Crippen molar-refractivity contribution in [2.45, 2.75) is 52.4 Å². The lowest BCUT2D eigenvalue weighted by Gasteiger charge is -2.27. The second kappa shape index (κ2) is 9.46. The average Bonchev–Trinajstić information content (AvgIpc) is 3.33. The second-order valence-corrected chi connectivity index (χ2v) is 9.39. The van der Waals surface area contributed by atoms with E-state index in [9.17, 15) is 4.79 Å². The molecule has 5 rings (SSSR count). The number of ether oxygens (including phenoxy) is 2. The van der Waals surface area contributed by atoms with E-state index in [2.05, 4.69) is 51.2 Å². The number of nitrogens with zero attached hydrogens (tertiary/aromatic N) is 6. The number of tetrazole rings is 1. The molecule has 35 heavy (non-hydrogen) atoms. The third kappa shape index (κ3) is 4.88. The lowest BCUT2D eigenvalue weighted by Crippen LogP contribution is -2.32. The maximum atomic E-state index is 13.1. The number of nitrogens with one attached hydrogen (secondary N) is 1. The van der Waals surface area contributed by atoms with Gasteiger partial charge in [-0.2, -0.15) is 0 Å². The molecule has 0 saturated heterocycles. The van der Waals surface area contributed by atoms with E-state index < -0.39 is 0 Å². The molecule has 0 amide bonds. The molecule has 1 aromatic carbocycles. The molecule has 0 unspecified atom stereocenters. The zero-order chi connectivity index (χ0) is 24.4. The zero-order valence-corrected chi connectivity index (χ0v) is 20.2. The molecule has 10 nitrogen and oxygen atoms in total. The molecule has 1 N–H and O–H groups in total. The Kier molecular flexibility index (Phi) is 6.21. The van der Waals surface area contributed by atoms with Crippen molar-refractivity contribution in [1.29, 1.82) is 0 Å². The Labute approximate surface area is 202 Å². The van der Waals surface area contributed by atoms with Gasteiger partial charge in [-0.3, -0.25) is 14.7 Å². The van der Waals surface area contributed by atoms with Gasteiger partial charge >= 0.3 is 0 Å². The lowest BCUT2D eigenvalue weighted by molar-refractivity contribution is 0.172. The van der Waals surface area contributed by atoms with Crippen LogP contribution in [0.5, 0.6) is 11.5 Å². The molecular formula is C25H29N7O3. The molecule has 0 fully saturated rings. The van der Waals surface area contributed by atoms with Gasteiger partial charge in [-0.15, -0.1) is 5.10 Å². The molecule has 0 saturated carbocycles. The van der Waals surface area contributed by atoms with Gasteiger partial charge in [0.2, 0.25) is 0 Å². The van der Waals surface area contributed by atoms with E-state index in [0.717, 1.165) is 28.7 Å². The van der Waals surface area contributed by atoms with Gasteiger partial charge in [-0.25, -0.2) is 4.68 Å². The second-order valence-electron chi connectivity index (χ2n) is 9.39. The van der Waals surface area contributed by atoms with Crippen molar-refractivity contribution in [3.05, 3.63) is 70.0 Å². The first-order chi connectivity index (χ1) is 16.9. The van der Waals surface area contributed by atoms with Crippen LogP contribution in [0.2, 0.25) is 0 Å². The Morgan fingerprint density at radius 3 is 2.66 bits per heavy atom. The Bertz CT molecular complexity index is 1380. The SMILES string of the molecule is CCC(C)(C)n1nnnc1CN(Cc1cccnc1)Cc1cc2cc3c(cc2[nH]c1=O)OCCO3. The van der Waals surface area contributed by atoms with Crippen LogP contribution in [-0.2, 0) is 25.2 Å². The van der Waals surface area contributed by atoms with E-state index in [0.29, 0.717) is 49.9 Å². The van der Waals surface area contributed by atoms with Gasteiger partial charge in [0.15, 0.2) is 17.3 Å². The monoisotopic (exact) mass is 475 g/mol. The van der Waals surface area contributed by atoms with Crippen molar-refractivity contribution in [2.24, 2.45) is 0 Å². The van der Waals surface area contributed by atoms with Gasteiger partial charge in [-0.05, 0) is 54.5 Å². The number of fused-ring (bicyclic) bond motifs is 2. The van der Waals surface area contributed by atoms with Crippen molar-refractivity contribution in [3.63, 3.8) is 0 Å². The average molecular weight is 476 g/mol. The Hall–Kier alpha value is -3.79. The largest absolute Gasteiger partial charge is 0.486 e. The number of rotatable bonds is 8. The van der Waals surface area contributed by atoms with Gasteiger partial charge in [0.1, 0.15) is 13.2 Å². The summed E-state index contributed by atoms with van der Waals surface area (Å²) in [6.07, 6.45) is 4.47. The highest BCUT2D eigenvalue weighted by atomic mass is 16.6. The fourth-order valence-corrected chi connectivity index (χ4v) is 4.19. The summed E-state index contributed by atoms with van der Waals surface area (Å²) in [7, 11) is 0. The van der Waals surface area contributed by atoms with Crippen LogP contribution < -0.4 is 15.0 Å². The van der Waals surface area contributed by atoms with Crippen LogP contribution in [-0.4, -0.2) is 48.3 Å². The van der Waals surface area contributed by atoms with Crippen molar-refractivity contribution in [3.8, 4) is 11.5 Å². The summed E-state index contributed by atoms with van der Waals surface area (Å²) in [5.41, 5.74) is 2.04. The fourth-order valence-electron chi connectivity index (χ4n) is 4.19. The van der Waals surface area contributed by atoms with Crippen LogP contribution in [0.25, 0.3) is 10.9 Å². The van der Waals surface area contributed by atoms with Crippen LogP contribution in [0.1, 0.15) is 44.1 Å². The molecule has 0 aliphatic carbocycles. The van der Waals surface area contributed by atoms with Gasteiger partial charge in [-0.1, -0.05) is 13.0 Å². The molecular weight excluding hydrogens is 446 g/mol. The normalized spacial score (nSPS) is 13.5. The molecule has 1 aliphatic rings. The minimum Gasteiger partial charge on any atom is -0.486 e. The van der Waals surface area contributed by atoms with Gasteiger partial charge < -0.3 is 14.5 Å². The number of aromatic amines is 1. The highest BCUT2D eigenvalue weighted by Crippen LogP contribution is 2.33. The molecule has 0 bridgehead atoms. The standard InChI is InChI=1S/C25H29N7O3/c1-4-25(2,3)32-23(28-29-30-32)16-31(14-17-6-5-7-26-13-17)15-19-10-18-11-21-22(35-9-8-34-21)12-20(18)27-24(19)33/h5-7,10-13H,4,8-9,14-16H2,1-3H3,(H,27,33). The summed E-state index contributed by atoms with van der Waals surface area (Å²) in [6, 6.07) is 9.59. The Morgan fingerprint density at radius 1 is 1.11 bits per heavy atom. The number of benzene rings is 1. The molecule has 3 aromatic heterocycles. The molecule has 0 radical (unpaired) electrons.